The number of anilines is 1. The van der Waals surface area contributed by atoms with Crippen molar-refractivity contribution in [2.45, 2.75) is 26.2 Å². The molecule has 0 aliphatic heterocycles. The van der Waals surface area contributed by atoms with Crippen molar-refractivity contribution in [3.05, 3.63) is 29.3 Å². The first-order chi connectivity index (χ1) is 7.83. The average Bonchev–Trinajstić information content (AvgIpc) is 2.30. The van der Waals surface area contributed by atoms with Crippen LogP contribution in [0.4, 0.5) is 5.69 Å². The molecular formula is C13H19Cl2N. The number of nitrogens with one attached hydrogen (secondary N) is 1. The van der Waals surface area contributed by atoms with Crippen LogP contribution in [0.15, 0.2) is 18.2 Å². The van der Waals surface area contributed by atoms with E-state index in [1.165, 1.54) is 16.8 Å². The fourth-order valence-corrected chi connectivity index (χ4v) is 2.18. The molecule has 0 bridgehead atoms. The van der Waals surface area contributed by atoms with Gasteiger partial charge in [0.1, 0.15) is 0 Å². The molecule has 0 aliphatic rings. The lowest BCUT2D eigenvalue weighted by atomic mass is 10.0. The van der Waals surface area contributed by atoms with Gasteiger partial charge in [-0.25, -0.2) is 0 Å². The second-order valence-corrected chi connectivity index (χ2v) is 4.50. The third kappa shape index (κ3) is 3.88. The van der Waals surface area contributed by atoms with Gasteiger partial charge in [-0.2, -0.15) is 0 Å². The Labute approximate surface area is 108 Å². The van der Waals surface area contributed by atoms with Gasteiger partial charge in [-0.15, -0.1) is 23.2 Å². The van der Waals surface area contributed by atoms with Gasteiger partial charge < -0.3 is 5.32 Å². The predicted octanol–water partition coefficient (Wildman–Crippen LogP) is 4.07. The smallest absolute Gasteiger partial charge is 0.0375 e. The predicted molar refractivity (Wildman–Crippen MR) is 74.1 cm³/mol. The fourth-order valence-electron chi connectivity index (χ4n) is 1.79. The molecule has 0 atom stereocenters. The Balaban J connectivity index is 2.90. The van der Waals surface area contributed by atoms with E-state index in [9.17, 15) is 0 Å². The summed E-state index contributed by atoms with van der Waals surface area (Å²) in [4.78, 5) is 0. The Hall–Kier alpha value is -0.400. The van der Waals surface area contributed by atoms with Crippen LogP contribution in [0.5, 0.6) is 0 Å². The number of halogens is 2. The lowest BCUT2D eigenvalue weighted by molar-refractivity contribution is 0.965. The Morgan fingerprint density at radius 1 is 1.12 bits per heavy atom. The van der Waals surface area contributed by atoms with Crippen molar-refractivity contribution in [2.75, 3.05) is 23.6 Å². The maximum absolute atomic E-state index is 5.85. The van der Waals surface area contributed by atoms with Gasteiger partial charge in [-0.3, -0.25) is 0 Å². The molecule has 0 saturated carbocycles. The van der Waals surface area contributed by atoms with E-state index >= 15 is 0 Å². The van der Waals surface area contributed by atoms with E-state index in [0.29, 0.717) is 11.8 Å². The molecule has 0 heterocycles. The summed E-state index contributed by atoms with van der Waals surface area (Å²) in [6.07, 6.45) is 2.94. The zero-order valence-electron chi connectivity index (χ0n) is 9.73. The lowest BCUT2D eigenvalue weighted by Crippen LogP contribution is -2.06. The molecule has 1 aromatic rings. The maximum atomic E-state index is 5.85. The average molecular weight is 260 g/mol. The van der Waals surface area contributed by atoms with Gasteiger partial charge in [-0.1, -0.05) is 19.1 Å². The number of hydrogen-bond donors (Lipinski definition) is 1. The topological polar surface area (TPSA) is 12.0 Å². The van der Waals surface area contributed by atoms with E-state index < -0.39 is 0 Å². The summed E-state index contributed by atoms with van der Waals surface area (Å²) < 4.78 is 0. The third-order valence-electron chi connectivity index (χ3n) is 2.55. The Kier molecular flexibility index (Phi) is 6.67. The number of alkyl halides is 2. The van der Waals surface area contributed by atoms with Crippen molar-refractivity contribution in [1.29, 1.82) is 0 Å². The maximum Gasteiger partial charge on any atom is 0.0375 e. The molecule has 0 fully saturated rings. The van der Waals surface area contributed by atoms with Gasteiger partial charge in [0, 0.05) is 24.0 Å². The van der Waals surface area contributed by atoms with E-state index in [4.69, 9.17) is 23.2 Å². The minimum Gasteiger partial charge on any atom is -0.385 e. The number of aryl methyl sites for hydroxylation is 1. The van der Waals surface area contributed by atoms with Gasteiger partial charge in [0.2, 0.25) is 0 Å². The van der Waals surface area contributed by atoms with Crippen LogP contribution in [0.1, 0.15) is 24.5 Å². The monoisotopic (exact) mass is 259 g/mol. The molecule has 0 amide bonds. The molecule has 1 nitrogen and oxygen atoms in total. The summed E-state index contributed by atoms with van der Waals surface area (Å²) in [5, 5.41) is 3.44. The van der Waals surface area contributed by atoms with Crippen molar-refractivity contribution in [1.82, 2.24) is 0 Å². The van der Waals surface area contributed by atoms with E-state index in [1.807, 2.05) is 0 Å². The molecule has 16 heavy (non-hydrogen) atoms. The highest BCUT2D eigenvalue weighted by molar-refractivity contribution is 6.18. The molecule has 1 aromatic carbocycles. The molecular weight excluding hydrogens is 241 g/mol. The molecule has 1 N–H and O–H groups in total. The molecule has 0 spiro atoms. The Morgan fingerprint density at radius 3 is 2.50 bits per heavy atom. The summed E-state index contributed by atoms with van der Waals surface area (Å²) in [6.45, 7) is 3.16. The normalized spacial score (nSPS) is 10.4. The quantitative estimate of drug-likeness (QED) is 0.729. The Bertz CT molecular complexity index is 313. The Morgan fingerprint density at radius 2 is 1.88 bits per heavy atom. The van der Waals surface area contributed by atoms with Gasteiger partial charge >= 0.3 is 0 Å². The molecule has 1 rings (SSSR count). The minimum absolute atomic E-state index is 0.653. The highest BCUT2D eigenvalue weighted by Crippen LogP contribution is 2.22. The third-order valence-corrected chi connectivity index (χ3v) is 2.92. The SMILES string of the molecule is CCCNc1cccc(CCCl)c1CCCl. The van der Waals surface area contributed by atoms with Crippen molar-refractivity contribution in [3.8, 4) is 0 Å². The van der Waals surface area contributed by atoms with Crippen LogP contribution in [-0.2, 0) is 12.8 Å². The van der Waals surface area contributed by atoms with Crippen molar-refractivity contribution in [3.63, 3.8) is 0 Å². The summed E-state index contributed by atoms with van der Waals surface area (Å²) in [6, 6.07) is 6.34. The van der Waals surface area contributed by atoms with E-state index in [-0.39, 0.29) is 0 Å². The highest BCUT2D eigenvalue weighted by atomic mass is 35.5. The number of hydrogen-bond acceptors (Lipinski definition) is 1. The van der Waals surface area contributed by atoms with Crippen molar-refractivity contribution in [2.24, 2.45) is 0 Å². The van der Waals surface area contributed by atoms with Crippen LogP contribution in [0.3, 0.4) is 0 Å². The van der Waals surface area contributed by atoms with Crippen molar-refractivity contribution >= 4 is 28.9 Å². The van der Waals surface area contributed by atoms with Crippen LogP contribution >= 0.6 is 23.2 Å². The number of benzene rings is 1. The number of rotatable bonds is 7. The first-order valence-corrected chi connectivity index (χ1v) is 6.87. The lowest BCUT2D eigenvalue weighted by Gasteiger charge is -2.14. The van der Waals surface area contributed by atoms with Gasteiger partial charge in [0.15, 0.2) is 0 Å². The van der Waals surface area contributed by atoms with Gasteiger partial charge in [-0.05, 0) is 36.5 Å². The summed E-state index contributed by atoms with van der Waals surface area (Å²) in [5.41, 5.74) is 3.86. The molecule has 0 saturated heterocycles. The second kappa shape index (κ2) is 7.81. The van der Waals surface area contributed by atoms with Crippen molar-refractivity contribution < 1.29 is 0 Å². The van der Waals surface area contributed by atoms with E-state index in [2.05, 4.69) is 30.4 Å². The zero-order chi connectivity index (χ0) is 11.8. The fraction of sp³-hybridized carbons (Fsp3) is 0.538. The zero-order valence-corrected chi connectivity index (χ0v) is 11.2. The second-order valence-electron chi connectivity index (χ2n) is 3.75. The van der Waals surface area contributed by atoms with Crippen LogP contribution in [0, 0.1) is 0 Å². The van der Waals surface area contributed by atoms with Crippen LogP contribution in [0.2, 0.25) is 0 Å². The van der Waals surface area contributed by atoms with Crippen LogP contribution in [-0.4, -0.2) is 18.3 Å². The van der Waals surface area contributed by atoms with Gasteiger partial charge in [0.25, 0.3) is 0 Å². The van der Waals surface area contributed by atoms with Crippen LogP contribution in [0.25, 0.3) is 0 Å². The van der Waals surface area contributed by atoms with E-state index in [1.54, 1.807) is 0 Å². The molecule has 0 radical (unpaired) electrons. The van der Waals surface area contributed by atoms with E-state index in [0.717, 1.165) is 25.8 Å². The summed E-state index contributed by atoms with van der Waals surface area (Å²) >= 11 is 11.7. The first kappa shape index (κ1) is 13.7. The first-order valence-electron chi connectivity index (χ1n) is 5.80. The van der Waals surface area contributed by atoms with Gasteiger partial charge in [0.05, 0.1) is 0 Å². The summed E-state index contributed by atoms with van der Waals surface area (Å²) in [7, 11) is 0. The molecule has 0 aromatic heterocycles. The molecule has 90 valence electrons. The minimum atomic E-state index is 0.653. The van der Waals surface area contributed by atoms with Crippen LogP contribution < -0.4 is 5.32 Å². The standard InChI is InChI=1S/C13H19Cl2N/c1-2-10-16-13-5-3-4-11(6-8-14)12(13)7-9-15/h3-5,16H,2,6-10H2,1H3. The highest BCUT2D eigenvalue weighted by Gasteiger charge is 2.06. The molecule has 3 heteroatoms. The largest absolute Gasteiger partial charge is 0.385 e. The summed E-state index contributed by atoms with van der Waals surface area (Å²) in [5.74, 6) is 1.31. The molecule has 0 unspecified atom stereocenters. The molecule has 0 aliphatic carbocycles.